The highest BCUT2D eigenvalue weighted by Gasteiger charge is 1.98. The highest BCUT2D eigenvalue weighted by atomic mass is 19.1. The van der Waals surface area contributed by atoms with Gasteiger partial charge in [0.2, 0.25) is 0 Å². The summed E-state index contributed by atoms with van der Waals surface area (Å²) in [6.07, 6.45) is 3.86. The van der Waals surface area contributed by atoms with E-state index in [1.54, 1.807) is 12.1 Å². The maximum Gasteiger partial charge on any atom is 0.123 e. The van der Waals surface area contributed by atoms with E-state index >= 15 is 0 Å². The molecule has 1 aromatic heterocycles. The zero-order chi connectivity index (χ0) is 12.1. The van der Waals surface area contributed by atoms with Gasteiger partial charge in [0, 0.05) is 31.4 Å². The van der Waals surface area contributed by atoms with E-state index in [-0.39, 0.29) is 5.82 Å². The highest BCUT2D eigenvalue weighted by Crippen LogP contribution is 2.04. The fraction of sp³-hybridized carbons (Fsp3) is 0.308. The summed E-state index contributed by atoms with van der Waals surface area (Å²) >= 11 is 0. The minimum absolute atomic E-state index is 0.192. The quantitative estimate of drug-likeness (QED) is 0.859. The van der Waals surface area contributed by atoms with Crippen LogP contribution < -0.4 is 5.32 Å². The summed E-state index contributed by atoms with van der Waals surface area (Å²) in [6, 6.07) is 6.63. The van der Waals surface area contributed by atoms with Gasteiger partial charge >= 0.3 is 0 Å². The van der Waals surface area contributed by atoms with Crippen molar-refractivity contribution in [3.8, 4) is 0 Å². The van der Waals surface area contributed by atoms with Gasteiger partial charge in [-0.1, -0.05) is 12.1 Å². The van der Waals surface area contributed by atoms with Crippen LogP contribution in [-0.2, 0) is 19.6 Å². The van der Waals surface area contributed by atoms with Gasteiger partial charge < -0.3 is 5.32 Å². The summed E-state index contributed by atoms with van der Waals surface area (Å²) in [4.78, 5) is 0. The molecule has 0 saturated carbocycles. The lowest BCUT2D eigenvalue weighted by Crippen LogP contribution is -2.12. The van der Waals surface area contributed by atoms with Gasteiger partial charge in [0.05, 0.1) is 6.20 Å². The lowest BCUT2D eigenvalue weighted by Gasteiger charge is -2.03. The second kappa shape index (κ2) is 5.59. The van der Waals surface area contributed by atoms with E-state index in [0.717, 1.165) is 24.2 Å². The van der Waals surface area contributed by atoms with Crippen molar-refractivity contribution in [3.63, 3.8) is 0 Å². The highest BCUT2D eigenvalue weighted by molar-refractivity contribution is 5.16. The molecule has 0 spiro atoms. The van der Waals surface area contributed by atoms with Crippen LogP contribution in [0.15, 0.2) is 36.7 Å². The predicted molar refractivity (Wildman–Crippen MR) is 64.8 cm³/mol. The third-order valence-electron chi connectivity index (χ3n) is 2.56. The molecule has 0 unspecified atom stereocenters. The monoisotopic (exact) mass is 233 g/mol. The number of hydrogen-bond donors (Lipinski definition) is 1. The van der Waals surface area contributed by atoms with Gasteiger partial charge in [-0.05, 0) is 24.6 Å². The molecule has 1 heterocycles. The molecule has 0 saturated heterocycles. The van der Waals surface area contributed by atoms with Gasteiger partial charge in [-0.25, -0.2) is 4.39 Å². The van der Waals surface area contributed by atoms with E-state index in [1.165, 1.54) is 6.07 Å². The molecule has 0 bridgehead atoms. The lowest BCUT2D eigenvalue weighted by atomic mass is 10.2. The van der Waals surface area contributed by atoms with Crippen molar-refractivity contribution in [2.24, 2.45) is 0 Å². The van der Waals surface area contributed by atoms with Crippen LogP contribution in [0.1, 0.15) is 18.1 Å². The van der Waals surface area contributed by atoms with Crippen LogP contribution in [0.25, 0.3) is 0 Å². The molecule has 0 fully saturated rings. The first-order valence-electron chi connectivity index (χ1n) is 5.74. The molecule has 0 aliphatic heterocycles. The molecule has 4 heteroatoms. The van der Waals surface area contributed by atoms with Gasteiger partial charge in [0.1, 0.15) is 5.82 Å². The van der Waals surface area contributed by atoms with Gasteiger partial charge in [-0.3, -0.25) is 4.68 Å². The van der Waals surface area contributed by atoms with Crippen molar-refractivity contribution in [1.82, 2.24) is 15.1 Å². The molecule has 90 valence electrons. The molecule has 1 N–H and O–H groups in total. The molecule has 3 nitrogen and oxygen atoms in total. The minimum Gasteiger partial charge on any atom is -0.309 e. The molecular formula is C13H16FN3. The van der Waals surface area contributed by atoms with Crippen molar-refractivity contribution in [2.45, 2.75) is 26.6 Å². The van der Waals surface area contributed by atoms with Crippen LogP contribution in [0, 0.1) is 5.82 Å². The molecule has 0 radical (unpaired) electrons. The number of rotatable bonds is 5. The van der Waals surface area contributed by atoms with Gasteiger partial charge in [0.15, 0.2) is 0 Å². The van der Waals surface area contributed by atoms with Gasteiger partial charge in [-0.2, -0.15) is 5.10 Å². The molecule has 2 aromatic rings. The Morgan fingerprint density at radius 2 is 2.12 bits per heavy atom. The standard InChI is InChI=1S/C13H16FN3/c1-2-17-10-12(9-16-17)8-15-7-11-4-3-5-13(14)6-11/h3-6,9-10,15H,2,7-8H2,1H3. The third kappa shape index (κ3) is 3.39. The molecular weight excluding hydrogens is 217 g/mol. The number of halogens is 1. The first kappa shape index (κ1) is 11.8. The Hall–Kier alpha value is -1.68. The Morgan fingerprint density at radius 1 is 1.29 bits per heavy atom. The van der Waals surface area contributed by atoms with E-state index in [1.807, 2.05) is 23.1 Å². The normalized spacial score (nSPS) is 10.7. The van der Waals surface area contributed by atoms with Crippen LogP contribution >= 0.6 is 0 Å². The molecule has 0 aliphatic rings. The Balaban J connectivity index is 1.83. The Morgan fingerprint density at radius 3 is 2.82 bits per heavy atom. The van der Waals surface area contributed by atoms with Crippen molar-refractivity contribution in [2.75, 3.05) is 0 Å². The molecule has 0 atom stereocenters. The van der Waals surface area contributed by atoms with Crippen molar-refractivity contribution in [1.29, 1.82) is 0 Å². The summed E-state index contributed by atoms with van der Waals surface area (Å²) in [6.45, 7) is 4.34. The second-order valence-electron chi connectivity index (χ2n) is 3.94. The van der Waals surface area contributed by atoms with Crippen LogP contribution in [0.3, 0.4) is 0 Å². The van der Waals surface area contributed by atoms with Crippen LogP contribution in [0.2, 0.25) is 0 Å². The van der Waals surface area contributed by atoms with E-state index in [0.29, 0.717) is 6.54 Å². The molecule has 17 heavy (non-hydrogen) atoms. The predicted octanol–water partition coefficient (Wildman–Crippen LogP) is 2.33. The lowest BCUT2D eigenvalue weighted by molar-refractivity contribution is 0.620. The zero-order valence-corrected chi connectivity index (χ0v) is 9.86. The number of nitrogens with zero attached hydrogens (tertiary/aromatic N) is 2. The van der Waals surface area contributed by atoms with E-state index in [9.17, 15) is 4.39 Å². The van der Waals surface area contributed by atoms with Gasteiger partial charge in [0.25, 0.3) is 0 Å². The van der Waals surface area contributed by atoms with Gasteiger partial charge in [-0.15, -0.1) is 0 Å². The third-order valence-corrected chi connectivity index (χ3v) is 2.56. The van der Waals surface area contributed by atoms with Crippen molar-refractivity contribution < 1.29 is 4.39 Å². The minimum atomic E-state index is -0.192. The number of hydrogen-bond acceptors (Lipinski definition) is 2. The summed E-state index contributed by atoms with van der Waals surface area (Å²) in [7, 11) is 0. The number of benzene rings is 1. The van der Waals surface area contributed by atoms with E-state index < -0.39 is 0 Å². The topological polar surface area (TPSA) is 29.9 Å². The Kier molecular flexibility index (Phi) is 3.88. The molecule has 1 aromatic carbocycles. The fourth-order valence-electron chi connectivity index (χ4n) is 1.67. The van der Waals surface area contributed by atoms with E-state index in [2.05, 4.69) is 17.3 Å². The first-order valence-corrected chi connectivity index (χ1v) is 5.74. The first-order chi connectivity index (χ1) is 8.28. The van der Waals surface area contributed by atoms with Crippen LogP contribution in [0.4, 0.5) is 4.39 Å². The SMILES string of the molecule is CCn1cc(CNCc2cccc(F)c2)cn1. The van der Waals surface area contributed by atoms with Crippen molar-refractivity contribution >= 4 is 0 Å². The Labute approximate surface area is 100 Å². The number of nitrogens with one attached hydrogen (secondary N) is 1. The summed E-state index contributed by atoms with van der Waals surface area (Å²) in [5.41, 5.74) is 2.09. The molecule has 0 aliphatic carbocycles. The number of aromatic nitrogens is 2. The summed E-state index contributed by atoms with van der Waals surface area (Å²) in [5, 5.41) is 7.45. The van der Waals surface area contributed by atoms with Crippen LogP contribution in [0.5, 0.6) is 0 Å². The van der Waals surface area contributed by atoms with Crippen LogP contribution in [-0.4, -0.2) is 9.78 Å². The zero-order valence-electron chi connectivity index (χ0n) is 9.86. The van der Waals surface area contributed by atoms with E-state index in [4.69, 9.17) is 0 Å². The average molecular weight is 233 g/mol. The average Bonchev–Trinajstić information content (AvgIpc) is 2.77. The maximum atomic E-state index is 12.9. The summed E-state index contributed by atoms with van der Waals surface area (Å²) < 4.78 is 14.8. The maximum absolute atomic E-state index is 12.9. The Bertz CT molecular complexity index is 479. The molecule has 0 amide bonds. The fourth-order valence-corrected chi connectivity index (χ4v) is 1.67. The smallest absolute Gasteiger partial charge is 0.123 e. The number of aryl methyl sites for hydroxylation is 1. The summed E-state index contributed by atoms with van der Waals surface area (Å²) in [5.74, 6) is -0.192. The van der Waals surface area contributed by atoms with Crippen molar-refractivity contribution in [3.05, 3.63) is 53.6 Å². The second-order valence-corrected chi connectivity index (χ2v) is 3.94. The largest absolute Gasteiger partial charge is 0.309 e. The molecule has 2 rings (SSSR count).